The van der Waals surface area contributed by atoms with Crippen molar-refractivity contribution in [2.75, 3.05) is 43.4 Å². The van der Waals surface area contributed by atoms with Crippen molar-refractivity contribution in [3.63, 3.8) is 0 Å². The summed E-state index contributed by atoms with van der Waals surface area (Å²) in [6.07, 6.45) is -0.253. The van der Waals surface area contributed by atoms with Crippen LogP contribution >= 0.6 is 0 Å². The van der Waals surface area contributed by atoms with E-state index < -0.39 is 11.4 Å². The van der Waals surface area contributed by atoms with E-state index in [1.54, 1.807) is 9.80 Å². The first kappa shape index (κ1) is 25.0. The molecule has 1 heterocycles. The Bertz CT molecular complexity index is 1020. The molecule has 2 aromatic carbocycles. The number of hydrogen-bond acceptors (Lipinski definition) is 5. The maximum absolute atomic E-state index is 14.2. The lowest BCUT2D eigenvalue weighted by Gasteiger charge is -2.35. The molecule has 2 aromatic rings. The van der Waals surface area contributed by atoms with Crippen LogP contribution in [0.4, 0.5) is 20.6 Å². The van der Waals surface area contributed by atoms with Crippen molar-refractivity contribution in [1.29, 1.82) is 0 Å². The van der Waals surface area contributed by atoms with Gasteiger partial charge in [-0.05, 0) is 44.5 Å². The molecule has 0 spiro atoms. The number of carbonyl (C=O) groups is 3. The lowest BCUT2D eigenvalue weighted by molar-refractivity contribution is -0.131. The van der Waals surface area contributed by atoms with Crippen molar-refractivity contribution in [3.8, 4) is 0 Å². The van der Waals surface area contributed by atoms with Crippen molar-refractivity contribution in [2.24, 2.45) is 0 Å². The SMILES string of the molecule is CC(C)(C)OC(=O)N1CCN(C(=O)CNc2ccc(F)c(NC(=O)Cc3ccccc3)c2)CC1. The maximum Gasteiger partial charge on any atom is 0.410 e. The van der Waals surface area contributed by atoms with Crippen LogP contribution in [0.1, 0.15) is 26.3 Å². The molecular formula is C25H31FN4O4. The molecule has 1 fully saturated rings. The lowest BCUT2D eigenvalue weighted by Crippen LogP contribution is -2.52. The van der Waals surface area contributed by atoms with Gasteiger partial charge in [-0.1, -0.05) is 30.3 Å². The minimum Gasteiger partial charge on any atom is -0.444 e. The predicted octanol–water partition coefficient (Wildman–Crippen LogP) is 3.50. The normalized spacial score (nSPS) is 13.9. The van der Waals surface area contributed by atoms with Crippen LogP contribution in [-0.2, 0) is 20.7 Å². The summed E-state index contributed by atoms with van der Waals surface area (Å²) in [5.41, 5.74) is 0.816. The van der Waals surface area contributed by atoms with Crippen LogP contribution in [0.2, 0.25) is 0 Å². The smallest absolute Gasteiger partial charge is 0.410 e. The molecule has 3 rings (SSSR count). The Balaban J connectivity index is 1.48. The second-order valence-corrected chi connectivity index (χ2v) is 9.11. The zero-order chi connectivity index (χ0) is 24.7. The van der Waals surface area contributed by atoms with Crippen molar-refractivity contribution in [3.05, 3.63) is 59.9 Å². The van der Waals surface area contributed by atoms with Crippen molar-refractivity contribution < 1.29 is 23.5 Å². The Hall–Kier alpha value is -3.62. The van der Waals surface area contributed by atoms with Gasteiger partial charge in [-0.15, -0.1) is 0 Å². The number of ether oxygens (including phenoxy) is 1. The van der Waals surface area contributed by atoms with E-state index >= 15 is 0 Å². The summed E-state index contributed by atoms with van der Waals surface area (Å²) >= 11 is 0. The van der Waals surface area contributed by atoms with Crippen LogP contribution in [0, 0.1) is 5.82 Å². The van der Waals surface area contributed by atoms with Gasteiger partial charge in [0.2, 0.25) is 11.8 Å². The number of rotatable bonds is 6. The Labute approximate surface area is 199 Å². The molecule has 182 valence electrons. The van der Waals surface area contributed by atoms with E-state index in [0.29, 0.717) is 31.9 Å². The van der Waals surface area contributed by atoms with Crippen molar-refractivity contribution in [2.45, 2.75) is 32.8 Å². The summed E-state index contributed by atoms with van der Waals surface area (Å²) in [7, 11) is 0. The highest BCUT2D eigenvalue weighted by molar-refractivity contribution is 5.93. The fraction of sp³-hybridized carbons (Fsp3) is 0.400. The van der Waals surface area contributed by atoms with Gasteiger partial charge in [-0.2, -0.15) is 0 Å². The van der Waals surface area contributed by atoms with Crippen molar-refractivity contribution in [1.82, 2.24) is 9.80 Å². The van der Waals surface area contributed by atoms with Crippen LogP contribution < -0.4 is 10.6 Å². The largest absolute Gasteiger partial charge is 0.444 e. The zero-order valence-electron chi connectivity index (χ0n) is 19.8. The molecule has 0 saturated carbocycles. The summed E-state index contributed by atoms with van der Waals surface area (Å²) in [5.74, 6) is -1.03. The summed E-state index contributed by atoms with van der Waals surface area (Å²) in [6.45, 7) is 7.05. The number of anilines is 2. The number of benzene rings is 2. The Kier molecular flexibility index (Phi) is 8.09. The van der Waals surface area contributed by atoms with E-state index in [4.69, 9.17) is 4.74 Å². The van der Waals surface area contributed by atoms with Crippen LogP contribution in [0.25, 0.3) is 0 Å². The quantitative estimate of drug-likeness (QED) is 0.675. The number of piperazine rings is 1. The Morgan fingerprint density at radius 2 is 1.62 bits per heavy atom. The Morgan fingerprint density at radius 3 is 2.26 bits per heavy atom. The average molecular weight is 471 g/mol. The van der Waals surface area contributed by atoms with Gasteiger partial charge >= 0.3 is 6.09 Å². The van der Waals surface area contributed by atoms with E-state index in [0.717, 1.165) is 5.56 Å². The van der Waals surface area contributed by atoms with Crippen LogP contribution in [0.5, 0.6) is 0 Å². The molecule has 1 aliphatic rings. The molecule has 0 aromatic heterocycles. The Morgan fingerprint density at radius 1 is 0.971 bits per heavy atom. The fourth-order valence-electron chi connectivity index (χ4n) is 3.46. The molecule has 3 amide bonds. The van der Waals surface area contributed by atoms with E-state index in [2.05, 4.69) is 10.6 Å². The monoisotopic (exact) mass is 470 g/mol. The molecule has 34 heavy (non-hydrogen) atoms. The summed E-state index contributed by atoms with van der Waals surface area (Å²) in [4.78, 5) is 40.3. The van der Waals surface area contributed by atoms with Crippen LogP contribution in [0.3, 0.4) is 0 Å². The van der Waals surface area contributed by atoms with Gasteiger partial charge < -0.3 is 25.2 Å². The minimum absolute atomic E-state index is 0.00940. The van der Waals surface area contributed by atoms with E-state index in [-0.39, 0.29) is 36.6 Å². The number of nitrogens with zero attached hydrogens (tertiary/aromatic N) is 2. The van der Waals surface area contributed by atoms with Gasteiger partial charge in [0.1, 0.15) is 11.4 Å². The molecule has 0 radical (unpaired) electrons. The number of nitrogens with one attached hydrogen (secondary N) is 2. The van der Waals surface area contributed by atoms with Crippen LogP contribution in [0.15, 0.2) is 48.5 Å². The number of hydrogen-bond donors (Lipinski definition) is 2. The minimum atomic E-state index is -0.566. The number of halogens is 1. The molecule has 0 bridgehead atoms. The third-order valence-electron chi connectivity index (χ3n) is 5.18. The van der Waals surface area contributed by atoms with Gasteiger partial charge in [0.15, 0.2) is 0 Å². The third kappa shape index (κ3) is 7.47. The fourth-order valence-corrected chi connectivity index (χ4v) is 3.46. The molecule has 1 aliphatic heterocycles. The van der Waals surface area contributed by atoms with E-state index in [1.807, 2.05) is 51.1 Å². The van der Waals surface area contributed by atoms with Crippen LogP contribution in [-0.4, -0.2) is 66.0 Å². The molecule has 0 aliphatic carbocycles. The zero-order valence-corrected chi connectivity index (χ0v) is 19.8. The van der Waals surface area contributed by atoms with Gasteiger partial charge in [-0.25, -0.2) is 9.18 Å². The lowest BCUT2D eigenvalue weighted by atomic mass is 10.1. The first-order valence-corrected chi connectivity index (χ1v) is 11.2. The predicted molar refractivity (Wildman–Crippen MR) is 128 cm³/mol. The van der Waals surface area contributed by atoms with Gasteiger partial charge in [0, 0.05) is 31.9 Å². The topological polar surface area (TPSA) is 91.0 Å². The third-order valence-corrected chi connectivity index (χ3v) is 5.18. The molecule has 0 unspecified atom stereocenters. The highest BCUT2D eigenvalue weighted by Gasteiger charge is 2.27. The van der Waals surface area contributed by atoms with Gasteiger partial charge in [-0.3, -0.25) is 9.59 Å². The molecule has 9 heteroatoms. The first-order chi connectivity index (χ1) is 16.1. The first-order valence-electron chi connectivity index (χ1n) is 11.2. The van der Waals surface area contributed by atoms with Crippen molar-refractivity contribution >= 4 is 29.3 Å². The molecule has 8 nitrogen and oxygen atoms in total. The maximum atomic E-state index is 14.2. The highest BCUT2D eigenvalue weighted by Crippen LogP contribution is 2.20. The standard InChI is InChI=1S/C25H31FN4O4/c1-25(2,3)34-24(33)30-13-11-29(12-14-30)23(32)17-27-19-9-10-20(26)21(16-19)28-22(31)15-18-7-5-4-6-8-18/h4-10,16,27H,11-15,17H2,1-3H3,(H,28,31). The highest BCUT2D eigenvalue weighted by atomic mass is 19.1. The number of amides is 3. The second kappa shape index (κ2) is 11.0. The molecule has 2 N–H and O–H groups in total. The van der Waals surface area contributed by atoms with E-state index in [9.17, 15) is 18.8 Å². The average Bonchev–Trinajstić information content (AvgIpc) is 2.79. The molecule has 0 atom stereocenters. The van der Waals surface area contributed by atoms with Gasteiger partial charge in [0.25, 0.3) is 0 Å². The van der Waals surface area contributed by atoms with Gasteiger partial charge in [0.05, 0.1) is 18.7 Å². The summed E-state index contributed by atoms with van der Waals surface area (Å²) in [5, 5.41) is 5.57. The molecule has 1 saturated heterocycles. The summed E-state index contributed by atoms with van der Waals surface area (Å²) in [6, 6.07) is 13.4. The number of carbonyl (C=O) groups excluding carboxylic acids is 3. The second-order valence-electron chi connectivity index (χ2n) is 9.11. The molecular weight excluding hydrogens is 439 g/mol. The summed E-state index contributed by atoms with van der Waals surface area (Å²) < 4.78 is 19.6. The van der Waals surface area contributed by atoms with E-state index in [1.165, 1.54) is 18.2 Å².